The summed E-state index contributed by atoms with van der Waals surface area (Å²) >= 11 is 2.16. The number of ether oxygens (including phenoxy) is 1. The van der Waals surface area contributed by atoms with Gasteiger partial charge in [0, 0.05) is 10.1 Å². The first kappa shape index (κ1) is 17.7. The molecular formula is C18H20INO3. The van der Waals surface area contributed by atoms with Crippen LogP contribution in [-0.2, 0) is 0 Å². The van der Waals surface area contributed by atoms with Gasteiger partial charge in [-0.05, 0) is 65.8 Å². The maximum atomic E-state index is 12.2. The summed E-state index contributed by atoms with van der Waals surface area (Å²) in [4.78, 5) is 12.2. The van der Waals surface area contributed by atoms with E-state index in [9.17, 15) is 9.90 Å². The molecule has 1 unspecified atom stereocenters. The van der Waals surface area contributed by atoms with Crippen molar-refractivity contribution in [2.24, 2.45) is 0 Å². The van der Waals surface area contributed by atoms with Crippen LogP contribution in [0.2, 0.25) is 0 Å². The van der Waals surface area contributed by atoms with Crippen molar-refractivity contribution in [3.8, 4) is 5.75 Å². The number of nitrogens with one attached hydrogen (secondary N) is 1. The maximum absolute atomic E-state index is 12.2. The summed E-state index contributed by atoms with van der Waals surface area (Å²) in [5.41, 5.74) is 2.78. The third-order valence-electron chi connectivity index (χ3n) is 3.37. The number of aryl methyl sites for hydroxylation is 2. The minimum atomic E-state index is -0.762. The number of rotatable bonds is 6. The van der Waals surface area contributed by atoms with Gasteiger partial charge in [-0.25, -0.2) is 0 Å². The molecular weight excluding hydrogens is 405 g/mol. The Morgan fingerprint density at radius 1 is 1.26 bits per heavy atom. The molecule has 2 aromatic carbocycles. The molecule has 2 aromatic rings. The van der Waals surface area contributed by atoms with Gasteiger partial charge in [0.1, 0.15) is 18.5 Å². The van der Waals surface area contributed by atoms with Crippen LogP contribution in [0.1, 0.15) is 21.5 Å². The second kappa shape index (κ2) is 8.31. The van der Waals surface area contributed by atoms with Crippen molar-refractivity contribution in [3.63, 3.8) is 0 Å². The zero-order chi connectivity index (χ0) is 16.8. The molecule has 0 heterocycles. The summed E-state index contributed by atoms with van der Waals surface area (Å²) in [5, 5.41) is 12.7. The maximum Gasteiger partial charge on any atom is 0.252 e. The topological polar surface area (TPSA) is 58.6 Å². The molecule has 0 aliphatic heterocycles. The molecule has 4 nitrogen and oxygen atoms in total. The highest BCUT2D eigenvalue weighted by atomic mass is 127. The first-order valence-corrected chi connectivity index (χ1v) is 8.46. The molecule has 0 fully saturated rings. The van der Waals surface area contributed by atoms with Crippen molar-refractivity contribution < 1.29 is 14.6 Å². The van der Waals surface area contributed by atoms with Crippen molar-refractivity contribution in [3.05, 3.63) is 62.7 Å². The highest BCUT2D eigenvalue weighted by Gasteiger charge is 2.13. The lowest BCUT2D eigenvalue weighted by atomic mass is 10.1. The Hall–Kier alpha value is -1.60. The van der Waals surface area contributed by atoms with E-state index in [0.717, 1.165) is 14.7 Å². The van der Waals surface area contributed by atoms with Crippen LogP contribution in [-0.4, -0.2) is 30.3 Å². The number of carbonyl (C=O) groups excluding carboxylic acids is 1. The number of benzene rings is 2. The number of hydrogen-bond donors (Lipinski definition) is 2. The molecule has 2 N–H and O–H groups in total. The Labute approximate surface area is 150 Å². The molecule has 23 heavy (non-hydrogen) atoms. The van der Waals surface area contributed by atoms with E-state index in [2.05, 4.69) is 27.9 Å². The zero-order valence-electron chi connectivity index (χ0n) is 13.2. The summed E-state index contributed by atoms with van der Waals surface area (Å²) < 4.78 is 6.45. The predicted octanol–water partition coefficient (Wildman–Crippen LogP) is 3.08. The monoisotopic (exact) mass is 425 g/mol. The first-order valence-electron chi connectivity index (χ1n) is 7.38. The van der Waals surface area contributed by atoms with Gasteiger partial charge in [0.05, 0.1) is 5.56 Å². The minimum absolute atomic E-state index is 0.134. The molecule has 0 radical (unpaired) electrons. The van der Waals surface area contributed by atoms with E-state index in [1.165, 1.54) is 0 Å². The third kappa shape index (κ3) is 5.21. The summed E-state index contributed by atoms with van der Waals surface area (Å²) in [6.07, 6.45) is -0.762. The van der Waals surface area contributed by atoms with Crippen molar-refractivity contribution in [2.45, 2.75) is 20.0 Å². The van der Waals surface area contributed by atoms with Crippen LogP contribution < -0.4 is 10.1 Å². The van der Waals surface area contributed by atoms with Gasteiger partial charge >= 0.3 is 0 Å². The second-order valence-corrected chi connectivity index (χ2v) is 6.51. The molecule has 122 valence electrons. The van der Waals surface area contributed by atoms with E-state index in [-0.39, 0.29) is 19.1 Å². The lowest BCUT2D eigenvalue weighted by Crippen LogP contribution is -2.35. The van der Waals surface area contributed by atoms with Crippen LogP contribution in [0.5, 0.6) is 5.75 Å². The van der Waals surface area contributed by atoms with E-state index in [1.54, 1.807) is 6.07 Å². The number of carbonyl (C=O) groups is 1. The van der Waals surface area contributed by atoms with Gasteiger partial charge in [0.25, 0.3) is 5.91 Å². The van der Waals surface area contributed by atoms with Gasteiger partial charge < -0.3 is 15.2 Å². The third-order valence-corrected chi connectivity index (χ3v) is 4.80. The number of halogens is 1. The minimum Gasteiger partial charge on any atom is -0.491 e. The van der Waals surface area contributed by atoms with Crippen LogP contribution in [0.4, 0.5) is 0 Å². The molecule has 1 atom stereocenters. The van der Waals surface area contributed by atoms with Crippen LogP contribution in [0.3, 0.4) is 0 Å². The Bertz CT molecular complexity index is 688. The molecule has 0 saturated heterocycles. The Balaban J connectivity index is 1.83. The largest absolute Gasteiger partial charge is 0.491 e. The van der Waals surface area contributed by atoms with Gasteiger partial charge in [-0.1, -0.05) is 24.3 Å². The van der Waals surface area contributed by atoms with Crippen LogP contribution >= 0.6 is 22.6 Å². The first-order chi connectivity index (χ1) is 11.0. The smallest absolute Gasteiger partial charge is 0.252 e. The molecule has 0 aliphatic rings. The predicted molar refractivity (Wildman–Crippen MR) is 98.9 cm³/mol. The van der Waals surface area contributed by atoms with Gasteiger partial charge in [-0.2, -0.15) is 0 Å². The SMILES string of the molecule is Cc1cccc(OCC(O)CNC(=O)c2cccc(C)c2I)c1. The molecule has 0 bridgehead atoms. The Morgan fingerprint density at radius 3 is 2.74 bits per heavy atom. The molecule has 2 rings (SSSR count). The molecule has 0 aliphatic carbocycles. The number of amides is 1. The Kier molecular flexibility index (Phi) is 6.41. The van der Waals surface area contributed by atoms with E-state index in [1.807, 2.05) is 50.2 Å². The van der Waals surface area contributed by atoms with Crippen molar-refractivity contribution in [1.82, 2.24) is 5.32 Å². The Morgan fingerprint density at radius 2 is 2.00 bits per heavy atom. The normalized spacial score (nSPS) is 11.8. The number of aliphatic hydroxyl groups is 1. The van der Waals surface area contributed by atoms with E-state index < -0.39 is 6.10 Å². The fourth-order valence-electron chi connectivity index (χ4n) is 2.08. The number of aliphatic hydroxyl groups excluding tert-OH is 1. The fraction of sp³-hybridized carbons (Fsp3) is 0.278. The summed E-state index contributed by atoms with van der Waals surface area (Å²) in [5.74, 6) is 0.524. The quantitative estimate of drug-likeness (QED) is 0.700. The van der Waals surface area contributed by atoms with Crippen LogP contribution in [0.25, 0.3) is 0 Å². The van der Waals surface area contributed by atoms with E-state index in [0.29, 0.717) is 11.3 Å². The van der Waals surface area contributed by atoms with Gasteiger partial charge in [0.2, 0.25) is 0 Å². The summed E-state index contributed by atoms with van der Waals surface area (Å²) in [6, 6.07) is 13.2. The highest BCUT2D eigenvalue weighted by Crippen LogP contribution is 2.16. The lowest BCUT2D eigenvalue weighted by molar-refractivity contribution is 0.0843. The van der Waals surface area contributed by atoms with Crippen LogP contribution in [0, 0.1) is 17.4 Å². The van der Waals surface area contributed by atoms with Crippen molar-refractivity contribution in [1.29, 1.82) is 0 Å². The second-order valence-electron chi connectivity index (χ2n) is 5.43. The van der Waals surface area contributed by atoms with Crippen molar-refractivity contribution >= 4 is 28.5 Å². The summed E-state index contributed by atoms with van der Waals surface area (Å²) in [7, 11) is 0. The fourth-order valence-corrected chi connectivity index (χ4v) is 2.69. The molecule has 0 aromatic heterocycles. The van der Waals surface area contributed by atoms with Gasteiger partial charge in [0.15, 0.2) is 0 Å². The molecule has 0 spiro atoms. The molecule has 1 amide bonds. The number of hydrogen-bond acceptors (Lipinski definition) is 3. The van der Waals surface area contributed by atoms with E-state index >= 15 is 0 Å². The van der Waals surface area contributed by atoms with Crippen LogP contribution in [0.15, 0.2) is 42.5 Å². The lowest BCUT2D eigenvalue weighted by Gasteiger charge is -2.14. The van der Waals surface area contributed by atoms with Crippen molar-refractivity contribution in [2.75, 3.05) is 13.2 Å². The standard InChI is InChI=1S/C18H20INO3/c1-12-5-3-7-15(9-12)23-11-14(21)10-20-18(22)16-8-4-6-13(2)17(16)19/h3-9,14,21H,10-11H2,1-2H3,(H,20,22). The zero-order valence-corrected chi connectivity index (χ0v) is 15.3. The average Bonchev–Trinajstić information content (AvgIpc) is 2.53. The molecule has 0 saturated carbocycles. The van der Waals surface area contributed by atoms with Gasteiger partial charge in [-0.3, -0.25) is 4.79 Å². The van der Waals surface area contributed by atoms with E-state index in [4.69, 9.17) is 4.74 Å². The van der Waals surface area contributed by atoms with Gasteiger partial charge in [-0.15, -0.1) is 0 Å². The average molecular weight is 425 g/mol. The highest BCUT2D eigenvalue weighted by molar-refractivity contribution is 14.1. The summed E-state index contributed by atoms with van der Waals surface area (Å²) in [6.45, 7) is 4.22. The molecule has 5 heteroatoms.